The highest BCUT2D eigenvalue weighted by molar-refractivity contribution is 5.28. The van der Waals surface area contributed by atoms with Crippen LogP contribution in [-0.4, -0.2) is 19.7 Å². The van der Waals surface area contributed by atoms with E-state index in [1.54, 1.807) is 0 Å². The third-order valence-corrected chi connectivity index (χ3v) is 3.04. The molecule has 0 saturated carbocycles. The first-order valence-corrected chi connectivity index (χ1v) is 7.29. The smallest absolute Gasteiger partial charge is 0.119 e. The predicted molar refractivity (Wildman–Crippen MR) is 81.5 cm³/mol. The van der Waals surface area contributed by atoms with Crippen LogP contribution in [0.2, 0.25) is 0 Å². The summed E-state index contributed by atoms with van der Waals surface area (Å²) in [7, 11) is 0. The molecule has 1 atom stereocenters. The third kappa shape index (κ3) is 6.60. The standard InChI is InChI=1S/C16H28N2O/c1-13(2)12-19-16-8-6-15(7-9-16)14(3)18-11-5-4-10-17/h6-9,13-14,18H,4-5,10-12,17H2,1-3H3. The van der Waals surface area contributed by atoms with Crippen molar-refractivity contribution < 1.29 is 4.74 Å². The van der Waals surface area contributed by atoms with Crippen molar-refractivity contribution in [2.45, 2.75) is 39.7 Å². The van der Waals surface area contributed by atoms with Crippen LogP contribution in [0.25, 0.3) is 0 Å². The number of hydrogen-bond acceptors (Lipinski definition) is 3. The number of benzene rings is 1. The van der Waals surface area contributed by atoms with E-state index >= 15 is 0 Å². The number of unbranched alkanes of at least 4 members (excludes halogenated alkanes) is 1. The Bertz CT molecular complexity index is 335. The molecule has 1 aromatic rings. The predicted octanol–water partition coefficient (Wildman–Crippen LogP) is 3.11. The first kappa shape index (κ1) is 16.0. The molecule has 108 valence electrons. The maximum atomic E-state index is 5.68. The largest absolute Gasteiger partial charge is 0.493 e. The zero-order valence-electron chi connectivity index (χ0n) is 12.5. The van der Waals surface area contributed by atoms with E-state index in [4.69, 9.17) is 10.5 Å². The van der Waals surface area contributed by atoms with Crippen LogP contribution in [0.15, 0.2) is 24.3 Å². The molecule has 3 nitrogen and oxygen atoms in total. The molecule has 0 saturated heterocycles. The van der Waals surface area contributed by atoms with Crippen LogP contribution in [0.4, 0.5) is 0 Å². The fourth-order valence-corrected chi connectivity index (χ4v) is 1.82. The first-order valence-electron chi connectivity index (χ1n) is 7.29. The van der Waals surface area contributed by atoms with Gasteiger partial charge in [-0.25, -0.2) is 0 Å². The van der Waals surface area contributed by atoms with Gasteiger partial charge in [-0.1, -0.05) is 26.0 Å². The molecule has 1 aromatic carbocycles. The molecule has 1 rings (SSSR count). The quantitative estimate of drug-likeness (QED) is 0.674. The van der Waals surface area contributed by atoms with Crippen molar-refractivity contribution in [2.24, 2.45) is 11.7 Å². The minimum atomic E-state index is 0.372. The second-order valence-corrected chi connectivity index (χ2v) is 5.45. The number of ether oxygens (including phenoxy) is 1. The molecule has 0 aliphatic rings. The number of hydrogen-bond donors (Lipinski definition) is 2. The Morgan fingerprint density at radius 3 is 2.37 bits per heavy atom. The van der Waals surface area contributed by atoms with Crippen LogP contribution >= 0.6 is 0 Å². The van der Waals surface area contributed by atoms with Crippen molar-refractivity contribution in [2.75, 3.05) is 19.7 Å². The summed E-state index contributed by atoms with van der Waals surface area (Å²) in [5.41, 5.74) is 6.78. The average molecular weight is 264 g/mol. The summed E-state index contributed by atoms with van der Waals surface area (Å²) in [5, 5.41) is 3.51. The Morgan fingerprint density at radius 1 is 1.11 bits per heavy atom. The number of rotatable bonds is 9. The van der Waals surface area contributed by atoms with Crippen molar-refractivity contribution in [1.82, 2.24) is 5.32 Å². The van der Waals surface area contributed by atoms with Crippen LogP contribution in [-0.2, 0) is 0 Å². The lowest BCUT2D eigenvalue weighted by molar-refractivity contribution is 0.271. The Hall–Kier alpha value is -1.06. The van der Waals surface area contributed by atoms with E-state index in [-0.39, 0.29) is 0 Å². The molecule has 0 amide bonds. The van der Waals surface area contributed by atoms with E-state index in [1.807, 2.05) is 0 Å². The Labute approximate surface area is 117 Å². The van der Waals surface area contributed by atoms with E-state index in [0.717, 1.165) is 38.3 Å². The fourth-order valence-electron chi connectivity index (χ4n) is 1.82. The van der Waals surface area contributed by atoms with Gasteiger partial charge in [-0.2, -0.15) is 0 Å². The Morgan fingerprint density at radius 2 is 1.79 bits per heavy atom. The minimum absolute atomic E-state index is 0.372. The average Bonchev–Trinajstić information content (AvgIpc) is 2.41. The van der Waals surface area contributed by atoms with Gasteiger partial charge in [-0.05, 0) is 56.5 Å². The van der Waals surface area contributed by atoms with E-state index in [2.05, 4.69) is 50.4 Å². The summed E-state index contributed by atoms with van der Waals surface area (Å²) in [5.74, 6) is 1.51. The van der Waals surface area contributed by atoms with E-state index in [0.29, 0.717) is 12.0 Å². The summed E-state index contributed by atoms with van der Waals surface area (Å²) in [6.07, 6.45) is 2.22. The molecule has 1 unspecified atom stereocenters. The number of nitrogens with one attached hydrogen (secondary N) is 1. The summed E-state index contributed by atoms with van der Waals surface area (Å²) in [6.45, 7) is 9.06. The van der Waals surface area contributed by atoms with Crippen LogP contribution in [0, 0.1) is 5.92 Å². The second kappa shape index (κ2) is 8.94. The van der Waals surface area contributed by atoms with Crippen molar-refractivity contribution >= 4 is 0 Å². The molecule has 3 heteroatoms. The van der Waals surface area contributed by atoms with Crippen LogP contribution in [0.1, 0.15) is 45.2 Å². The summed E-state index contributed by atoms with van der Waals surface area (Å²) >= 11 is 0. The first-order chi connectivity index (χ1) is 9.13. The molecule has 0 radical (unpaired) electrons. The van der Waals surface area contributed by atoms with E-state index in [1.165, 1.54) is 5.56 Å². The molecule has 0 aromatic heterocycles. The summed E-state index contributed by atoms with van der Waals surface area (Å²) in [6, 6.07) is 8.75. The monoisotopic (exact) mass is 264 g/mol. The molecule has 0 fully saturated rings. The minimum Gasteiger partial charge on any atom is -0.493 e. The molecule has 0 aliphatic heterocycles. The lowest BCUT2D eigenvalue weighted by Gasteiger charge is -2.15. The zero-order chi connectivity index (χ0) is 14.1. The molecule has 0 aliphatic carbocycles. The van der Waals surface area contributed by atoms with E-state index < -0.39 is 0 Å². The normalized spacial score (nSPS) is 12.7. The van der Waals surface area contributed by atoms with Gasteiger partial charge in [-0.15, -0.1) is 0 Å². The second-order valence-electron chi connectivity index (χ2n) is 5.45. The van der Waals surface area contributed by atoms with Gasteiger partial charge in [0.05, 0.1) is 6.61 Å². The lowest BCUT2D eigenvalue weighted by Crippen LogP contribution is -2.20. The third-order valence-electron chi connectivity index (χ3n) is 3.04. The van der Waals surface area contributed by atoms with Crippen LogP contribution in [0.3, 0.4) is 0 Å². The topological polar surface area (TPSA) is 47.3 Å². The van der Waals surface area contributed by atoms with Gasteiger partial charge in [0, 0.05) is 6.04 Å². The van der Waals surface area contributed by atoms with Gasteiger partial charge in [0.15, 0.2) is 0 Å². The molecule has 0 bridgehead atoms. The van der Waals surface area contributed by atoms with Gasteiger partial charge in [-0.3, -0.25) is 0 Å². The SMILES string of the molecule is CC(C)COc1ccc(C(C)NCCCCN)cc1. The van der Waals surface area contributed by atoms with Crippen molar-refractivity contribution in [3.05, 3.63) is 29.8 Å². The van der Waals surface area contributed by atoms with Crippen LogP contribution < -0.4 is 15.8 Å². The maximum absolute atomic E-state index is 5.68. The maximum Gasteiger partial charge on any atom is 0.119 e. The molecular formula is C16H28N2O. The van der Waals surface area contributed by atoms with Gasteiger partial charge in [0.25, 0.3) is 0 Å². The molecule has 19 heavy (non-hydrogen) atoms. The number of nitrogens with two attached hydrogens (primary N) is 1. The molecular weight excluding hydrogens is 236 g/mol. The highest BCUT2D eigenvalue weighted by Gasteiger charge is 2.04. The van der Waals surface area contributed by atoms with Crippen LogP contribution in [0.5, 0.6) is 5.75 Å². The lowest BCUT2D eigenvalue weighted by atomic mass is 10.1. The molecule has 0 spiro atoms. The Kier molecular flexibility index (Phi) is 7.53. The summed E-state index contributed by atoms with van der Waals surface area (Å²) < 4.78 is 5.68. The van der Waals surface area contributed by atoms with Crippen molar-refractivity contribution in [3.8, 4) is 5.75 Å². The van der Waals surface area contributed by atoms with Gasteiger partial charge in [0.2, 0.25) is 0 Å². The highest BCUT2D eigenvalue weighted by Crippen LogP contribution is 2.18. The van der Waals surface area contributed by atoms with Gasteiger partial charge in [0.1, 0.15) is 5.75 Å². The fraction of sp³-hybridized carbons (Fsp3) is 0.625. The van der Waals surface area contributed by atoms with Gasteiger partial charge < -0.3 is 15.8 Å². The van der Waals surface area contributed by atoms with Crippen molar-refractivity contribution in [3.63, 3.8) is 0 Å². The van der Waals surface area contributed by atoms with Crippen molar-refractivity contribution in [1.29, 1.82) is 0 Å². The van der Waals surface area contributed by atoms with E-state index in [9.17, 15) is 0 Å². The van der Waals surface area contributed by atoms with Gasteiger partial charge >= 0.3 is 0 Å². The highest BCUT2D eigenvalue weighted by atomic mass is 16.5. The Balaban J connectivity index is 2.37. The molecule has 0 heterocycles. The summed E-state index contributed by atoms with van der Waals surface area (Å²) in [4.78, 5) is 0. The molecule has 3 N–H and O–H groups in total. The zero-order valence-corrected chi connectivity index (χ0v) is 12.5.